The molecule has 1 atom stereocenters. The van der Waals surface area contributed by atoms with E-state index < -0.39 is 6.10 Å². The Hall–Kier alpha value is -1.07. The third-order valence-corrected chi connectivity index (χ3v) is 3.35. The summed E-state index contributed by atoms with van der Waals surface area (Å²) >= 11 is 2.25. The fraction of sp³-hybridized carbons (Fsp3) is 0.200. The third-order valence-electron chi connectivity index (χ3n) is 2.68. The number of hydrogen-bond acceptors (Lipinski definition) is 2. The molecule has 0 aliphatic carbocycles. The lowest BCUT2D eigenvalue weighted by atomic mass is 10.1. The number of aliphatic hydroxyl groups excluding tert-OH is 1. The first-order valence-electron chi connectivity index (χ1n) is 5.90. The number of halogens is 1. The van der Waals surface area contributed by atoms with Gasteiger partial charge in [0.2, 0.25) is 0 Å². The molecule has 2 rings (SSSR count). The molecule has 1 N–H and O–H groups in total. The van der Waals surface area contributed by atoms with Crippen molar-refractivity contribution in [2.24, 2.45) is 0 Å². The molecular weight excluding hydrogens is 339 g/mol. The molecule has 3 heteroatoms. The SMILES string of the molecule is CC[C@H](O)c1ccc(Oc2cccc(I)c2)cc1. The highest BCUT2D eigenvalue weighted by molar-refractivity contribution is 14.1. The first kappa shape index (κ1) is 13.4. The highest BCUT2D eigenvalue weighted by atomic mass is 127. The first-order valence-corrected chi connectivity index (χ1v) is 6.98. The zero-order valence-corrected chi connectivity index (χ0v) is 12.3. The number of aliphatic hydroxyl groups is 1. The lowest BCUT2D eigenvalue weighted by Crippen LogP contribution is -1.94. The Morgan fingerprint density at radius 1 is 1.11 bits per heavy atom. The summed E-state index contributed by atoms with van der Waals surface area (Å²) in [4.78, 5) is 0. The van der Waals surface area contributed by atoms with E-state index >= 15 is 0 Å². The van der Waals surface area contributed by atoms with Crippen LogP contribution in [0.25, 0.3) is 0 Å². The number of rotatable bonds is 4. The van der Waals surface area contributed by atoms with Crippen molar-refractivity contribution in [1.82, 2.24) is 0 Å². The van der Waals surface area contributed by atoms with Crippen LogP contribution in [0.2, 0.25) is 0 Å². The Labute approximate surface area is 121 Å². The highest BCUT2D eigenvalue weighted by Crippen LogP contribution is 2.25. The van der Waals surface area contributed by atoms with Gasteiger partial charge in [0.15, 0.2) is 0 Å². The monoisotopic (exact) mass is 354 g/mol. The van der Waals surface area contributed by atoms with E-state index in [0.29, 0.717) is 0 Å². The van der Waals surface area contributed by atoms with Crippen LogP contribution in [0.5, 0.6) is 11.5 Å². The van der Waals surface area contributed by atoms with E-state index in [2.05, 4.69) is 22.6 Å². The normalized spacial score (nSPS) is 12.2. The predicted octanol–water partition coefficient (Wildman–Crippen LogP) is 4.53. The summed E-state index contributed by atoms with van der Waals surface area (Å²) in [7, 11) is 0. The van der Waals surface area contributed by atoms with Crippen LogP contribution in [0.15, 0.2) is 48.5 Å². The molecule has 18 heavy (non-hydrogen) atoms. The maximum atomic E-state index is 9.70. The Balaban J connectivity index is 2.11. The van der Waals surface area contributed by atoms with E-state index in [1.807, 2.05) is 55.5 Å². The van der Waals surface area contributed by atoms with Crippen LogP contribution < -0.4 is 4.74 Å². The molecule has 0 fully saturated rings. The van der Waals surface area contributed by atoms with Gasteiger partial charge in [0.25, 0.3) is 0 Å². The smallest absolute Gasteiger partial charge is 0.128 e. The fourth-order valence-electron chi connectivity index (χ4n) is 1.66. The zero-order valence-electron chi connectivity index (χ0n) is 10.1. The number of benzene rings is 2. The Kier molecular flexibility index (Phi) is 4.60. The largest absolute Gasteiger partial charge is 0.457 e. The predicted molar refractivity (Wildman–Crippen MR) is 80.9 cm³/mol. The minimum absolute atomic E-state index is 0.392. The van der Waals surface area contributed by atoms with Gasteiger partial charge in [0.05, 0.1) is 6.10 Å². The summed E-state index contributed by atoms with van der Waals surface area (Å²) in [6.45, 7) is 1.96. The standard InChI is InChI=1S/C15H15IO2/c1-2-15(17)11-6-8-13(9-7-11)18-14-5-3-4-12(16)10-14/h3-10,15,17H,2H2,1H3/t15-/m0/s1. The van der Waals surface area contributed by atoms with E-state index in [1.165, 1.54) is 0 Å². The molecule has 0 amide bonds. The summed E-state index contributed by atoms with van der Waals surface area (Å²) < 4.78 is 6.88. The maximum Gasteiger partial charge on any atom is 0.128 e. The van der Waals surface area contributed by atoms with Crippen LogP contribution in [-0.2, 0) is 0 Å². The highest BCUT2D eigenvalue weighted by Gasteiger charge is 2.04. The summed E-state index contributed by atoms with van der Waals surface area (Å²) in [6.07, 6.45) is 0.327. The van der Waals surface area contributed by atoms with E-state index in [-0.39, 0.29) is 0 Å². The molecule has 0 heterocycles. The van der Waals surface area contributed by atoms with Crippen molar-refractivity contribution in [3.05, 3.63) is 57.7 Å². The lowest BCUT2D eigenvalue weighted by molar-refractivity contribution is 0.173. The van der Waals surface area contributed by atoms with Crippen molar-refractivity contribution in [3.8, 4) is 11.5 Å². The van der Waals surface area contributed by atoms with Crippen LogP contribution in [-0.4, -0.2) is 5.11 Å². The minimum atomic E-state index is -0.392. The zero-order chi connectivity index (χ0) is 13.0. The molecule has 0 aromatic heterocycles. The Bertz CT molecular complexity index is 508. The lowest BCUT2D eigenvalue weighted by Gasteiger charge is -2.10. The van der Waals surface area contributed by atoms with Crippen molar-refractivity contribution in [3.63, 3.8) is 0 Å². The van der Waals surface area contributed by atoms with Crippen LogP contribution in [0.4, 0.5) is 0 Å². The van der Waals surface area contributed by atoms with Gasteiger partial charge in [-0.1, -0.05) is 25.1 Å². The van der Waals surface area contributed by atoms with Crippen LogP contribution in [0.1, 0.15) is 25.0 Å². The molecule has 0 aliphatic rings. The second-order valence-electron chi connectivity index (χ2n) is 4.05. The van der Waals surface area contributed by atoms with Gasteiger partial charge in [-0.2, -0.15) is 0 Å². The van der Waals surface area contributed by atoms with E-state index in [1.54, 1.807) is 0 Å². The topological polar surface area (TPSA) is 29.5 Å². The molecule has 0 saturated carbocycles. The average Bonchev–Trinajstić information content (AvgIpc) is 2.39. The average molecular weight is 354 g/mol. The summed E-state index contributed by atoms with van der Waals surface area (Å²) in [5.74, 6) is 1.61. The van der Waals surface area contributed by atoms with Gasteiger partial charge < -0.3 is 9.84 Å². The molecule has 2 nitrogen and oxygen atoms in total. The fourth-order valence-corrected chi connectivity index (χ4v) is 2.17. The second-order valence-corrected chi connectivity index (χ2v) is 5.30. The molecule has 0 unspecified atom stereocenters. The molecule has 2 aromatic rings. The van der Waals surface area contributed by atoms with Crippen LogP contribution >= 0.6 is 22.6 Å². The molecule has 0 aliphatic heterocycles. The van der Waals surface area contributed by atoms with E-state index in [0.717, 1.165) is 27.1 Å². The molecule has 0 radical (unpaired) electrons. The molecule has 0 spiro atoms. The summed E-state index contributed by atoms with van der Waals surface area (Å²) in [6, 6.07) is 15.5. The summed E-state index contributed by atoms with van der Waals surface area (Å²) in [5, 5.41) is 9.70. The van der Waals surface area contributed by atoms with Crippen molar-refractivity contribution in [2.75, 3.05) is 0 Å². The van der Waals surface area contributed by atoms with Crippen molar-refractivity contribution in [2.45, 2.75) is 19.4 Å². The van der Waals surface area contributed by atoms with E-state index in [4.69, 9.17) is 4.74 Å². The molecule has 0 bridgehead atoms. The van der Waals surface area contributed by atoms with Crippen molar-refractivity contribution in [1.29, 1.82) is 0 Å². The molecule has 0 saturated heterocycles. The van der Waals surface area contributed by atoms with Gasteiger partial charge in [-0.15, -0.1) is 0 Å². The van der Waals surface area contributed by atoms with E-state index in [9.17, 15) is 5.11 Å². The maximum absolute atomic E-state index is 9.70. The number of ether oxygens (including phenoxy) is 1. The summed E-state index contributed by atoms with van der Waals surface area (Å²) in [5.41, 5.74) is 0.924. The Morgan fingerprint density at radius 2 is 1.83 bits per heavy atom. The quantitative estimate of drug-likeness (QED) is 0.818. The van der Waals surface area contributed by atoms with Crippen LogP contribution in [0, 0.1) is 3.57 Å². The first-order chi connectivity index (χ1) is 8.69. The van der Waals surface area contributed by atoms with Gasteiger partial charge in [0, 0.05) is 3.57 Å². The Morgan fingerprint density at radius 3 is 2.44 bits per heavy atom. The van der Waals surface area contributed by atoms with Gasteiger partial charge in [-0.3, -0.25) is 0 Å². The van der Waals surface area contributed by atoms with Crippen LogP contribution in [0.3, 0.4) is 0 Å². The molecular formula is C15H15IO2. The third kappa shape index (κ3) is 3.46. The molecule has 2 aromatic carbocycles. The number of hydrogen-bond donors (Lipinski definition) is 1. The van der Waals surface area contributed by atoms with Gasteiger partial charge in [0.1, 0.15) is 11.5 Å². The van der Waals surface area contributed by atoms with Gasteiger partial charge in [-0.05, 0) is 64.9 Å². The van der Waals surface area contributed by atoms with Crippen molar-refractivity contribution < 1.29 is 9.84 Å². The van der Waals surface area contributed by atoms with Gasteiger partial charge in [-0.25, -0.2) is 0 Å². The minimum Gasteiger partial charge on any atom is -0.457 e. The van der Waals surface area contributed by atoms with Gasteiger partial charge >= 0.3 is 0 Å². The van der Waals surface area contributed by atoms with Crippen molar-refractivity contribution >= 4 is 22.6 Å². The molecule has 94 valence electrons. The second kappa shape index (κ2) is 6.20.